The van der Waals surface area contributed by atoms with Gasteiger partial charge in [0, 0.05) is 0 Å². The van der Waals surface area contributed by atoms with E-state index >= 15 is 0 Å². The average Bonchev–Trinajstić information content (AvgIpc) is 2.30. The van der Waals surface area contributed by atoms with Crippen LogP contribution in [-0.4, -0.2) is 0 Å². The SMILES string of the molecule is C/C=C\C.CCC(C)(C)c1ccc(C)cc1. The van der Waals surface area contributed by atoms with Gasteiger partial charge in [0.05, 0.1) is 0 Å². The van der Waals surface area contributed by atoms with E-state index in [2.05, 4.69) is 52.0 Å². The molecule has 90 valence electrons. The summed E-state index contributed by atoms with van der Waals surface area (Å²) in [5.74, 6) is 0. The predicted molar refractivity (Wildman–Crippen MR) is 75.0 cm³/mol. The molecule has 0 fully saturated rings. The van der Waals surface area contributed by atoms with Gasteiger partial charge in [-0.15, -0.1) is 0 Å². The van der Waals surface area contributed by atoms with Crippen LogP contribution in [0.15, 0.2) is 36.4 Å². The summed E-state index contributed by atoms with van der Waals surface area (Å²) in [4.78, 5) is 0. The molecule has 1 rings (SSSR count). The Balaban J connectivity index is 0.000000487. The number of hydrogen-bond donors (Lipinski definition) is 0. The highest BCUT2D eigenvalue weighted by atomic mass is 14.2. The maximum absolute atomic E-state index is 2.29. The van der Waals surface area contributed by atoms with E-state index in [9.17, 15) is 0 Å². The molecule has 1 aromatic rings. The van der Waals surface area contributed by atoms with Gasteiger partial charge in [-0.2, -0.15) is 0 Å². The van der Waals surface area contributed by atoms with Gasteiger partial charge in [0.1, 0.15) is 0 Å². The zero-order valence-corrected chi connectivity index (χ0v) is 11.7. The molecular formula is C16H26. The van der Waals surface area contributed by atoms with Gasteiger partial charge in [0.25, 0.3) is 0 Å². The Morgan fingerprint density at radius 1 is 1.00 bits per heavy atom. The van der Waals surface area contributed by atoms with Crippen LogP contribution in [0.4, 0.5) is 0 Å². The van der Waals surface area contributed by atoms with Crippen molar-refractivity contribution in [3.63, 3.8) is 0 Å². The molecule has 0 N–H and O–H groups in total. The smallest absolute Gasteiger partial charge is 0.0106 e. The van der Waals surface area contributed by atoms with Crippen molar-refractivity contribution < 1.29 is 0 Å². The molecule has 0 heteroatoms. The van der Waals surface area contributed by atoms with Crippen LogP contribution >= 0.6 is 0 Å². The van der Waals surface area contributed by atoms with E-state index in [-0.39, 0.29) is 0 Å². The van der Waals surface area contributed by atoms with Crippen molar-refractivity contribution in [2.24, 2.45) is 0 Å². The molecule has 0 saturated carbocycles. The predicted octanol–water partition coefficient (Wildman–Crippen LogP) is 5.27. The first-order chi connectivity index (χ1) is 7.47. The quantitative estimate of drug-likeness (QED) is 0.594. The van der Waals surface area contributed by atoms with Crippen molar-refractivity contribution in [1.29, 1.82) is 0 Å². The second-order valence-electron chi connectivity index (χ2n) is 4.77. The Morgan fingerprint density at radius 2 is 1.44 bits per heavy atom. The van der Waals surface area contributed by atoms with Gasteiger partial charge in [0.2, 0.25) is 0 Å². The summed E-state index contributed by atoms with van der Waals surface area (Å²) in [6, 6.07) is 8.84. The summed E-state index contributed by atoms with van der Waals surface area (Å²) in [5.41, 5.74) is 3.11. The van der Waals surface area contributed by atoms with Crippen molar-refractivity contribution in [2.75, 3.05) is 0 Å². The maximum Gasteiger partial charge on any atom is -0.0106 e. The Morgan fingerprint density at radius 3 is 1.75 bits per heavy atom. The lowest BCUT2D eigenvalue weighted by Crippen LogP contribution is -2.14. The van der Waals surface area contributed by atoms with Gasteiger partial charge < -0.3 is 0 Å². The van der Waals surface area contributed by atoms with Crippen molar-refractivity contribution in [3.8, 4) is 0 Å². The molecule has 0 atom stereocenters. The molecule has 0 heterocycles. The minimum Gasteiger partial charge on any atom is -0.0919 e. The molecule has 0 bridgehead atoms. The number of benzene rings is 1. The summed E-state index contributed by atoms with van der Waals surface area (Å²) in [5, 5.41) is 0. The molecule has 0 aliphatic heterocycles. The molecule has 0 aromatic heterocycles. The van der Waals surface area contributed by atoms with Crippen LogP contribution in [0, 0.1) is 6.92 Å². The third kappa shape index (κ3) is 5.16. The zero-order valence-electron chi connectivity index (χ0n) is 11.7. The summed E-state index contributed by atoms with van der Waals surface area (Å²) in [7, 11) is 0. The molecule has 0 nitrogen and oxygen atoms in total. The molecule has 0 unspecified atom stereocenters. The fourth-order valence-electron chi connectivity index (χ4n) is 1.21. The summed E-state index contributed by atoms with van der Waals surface area (Å²) in [6.45, 7) is 12.9. The van der Waals surface area contributed by atoms with Crippen LogP contribution in [0.3, 0.4) is 0 Å². The van der Waals surface area contributed by atoms with Gasteiger partial charge in [-0.1, -0.05) is 62.8 Å². The largest absolute Gasteiger partial charge is 0.0919 e. The third-order valence-electron chi connectivity index (χ3n) is 3.05. The van der Waals surface area contributed by atoms with E-state index < -0.39 is 0 Å². The van der Waals surface area contributed by atoms with Crippen molar-refractivity contribution in [2.45, 2.75) is 53.4 Å². The number of rotatable bonds is 2. The molecule has 0 aliphatic carbocycles. The number of hydrogen-bond acceptors (Lipinski definition) is 0. The van der Waals surface area contributed by atoms with E-state index in [0.717, 1.165) is 0 Å². The van der Waals surface area contributed by atoms with Crippen LogP contribution in [0.25, 0.3) is 0 Å². The number of allylic oxidation sites excluding steroid dienone is 2. The van der Waals surface area contributed by atoms with Crippen LogP contribution < -0.4 is 0 Å². The molecular weight excluding hydrogens is 192 g/mol. The van der Waals surface area contributed by atoms with Gasteiger partial charge in [0.15, 0.2) is 0 Å². The first-order valence-electron chi connectivity index (χ1n) is 6.12. The van der Waals surface area contributed by atoms with E-state index in [1.165, 1.54) is 17.5 Å². The van der Waals surface area contributed by atoms with Gasteiger partial charge in [-0.25, -0.2) is 0 Å². The number of aryl methyl sites for hydroxylation is 1. The average molecular weight is 218 g/mol. The summed E-state index contributed by atoms with van der Waals surface area (Å²) in [6.07, 6.45) is 5.19. The topological polar surface area (TPSA) is 0 Å². The van der Waals surface area contributed by atoms with Crippen LogP contribution in [-0.2, 0) is 5.41 Å². The van der Waals surface area contributed by atoms with Crippen LogP contribution in [0.5, 0.6) is 0 Å². The van der Waals surface area contributed by atoms with Gasteiger partial charge >= 0.3 is 0 Å². The fourth-order valence-corrected chi connectivity index (χ4v) is 1.21. The minimum atomic E-state index is 0.327. The second-order valence-corrected chi connectivity index (χ2v) is 4.77. The Kier molecular flexibility index (Phi) is 6.80. The molecule has 16 heavy (non-hydrogen) atoms. The van der Waals surface area contributed by atoms with Crippen LogP contribution in [0.1, 0.15) is 52.2 Å². The molecule has 0 saturated heterocycles. The van der Waals surface area contributed by atoms with Crippen molar-refractivity contribution in [1.82, 2.24) is 0 Å². The molecule has 1 aromatic carbocycles. The van der Waals surface area contributed by atoms with Crippen LogP contribution in [0.2, 0.25) is 0 Å². The monoisotopic (exact) mass is 218 g/mol. The van der Waals surface area contributed by atoms with E-state index in [0.29, 0.717) is 5.41 Å². The molecule has 0 radical (unpaired) electrons. The minimum absolute atomic E-state index is 0.327. The normalized spacial score (nSPS) is 11.1. The summed E-state index contributed by atoms with van der Waals surface area (Å²) < 4.78 is 0. The Bertz CT molecular complexity index is 297. The standard InChI is InChI=1S/C12H18.C4H8/c1-5-12(3,4)11-8-6-10(2)7-9-11;1-3-4-2/h6-9H,5H2,1-4H3;3-4H,1-2H3/b;4-3-. The molecule has 0 amide bonds. The lowest BCUT2D eigenvalue weighted by atomic mass is 9.82. The lowest BCUT2D eigenvalue weighted by molar-refractivity contribution is 0.506. The Hall–Kier alpha value is -1.04. The second kappa shape index (κ2) is 7.27. The van der Waals surface area contributed by atoms with Crippen molar-refractivity contribution >= 4 is 0 Å². The van der Waals surface area contributed by atoms with Gasteiger partial charge in [-0.3, -0.25) is 0 Å². The van der Waals surface area contributed by atoms with Crippen molar-refractivity contribution in [3.05, 3.63) is 47.5 Å². The lowest BCUT2D eigenvalue weighted by Gasteiger charge is -2.23. The highest BCUT2D eigenvalue weighted by Gasteiger charge is 2.16. The zero-order chi connectivity index (χ0) is 12.6. The summed E-state index contributed by atoms with van der Waals surface area (Å²) >= 11 is 0. The van der Waals surface area contributed by atoms with E-state index in [1.54, 1.807) is 0 Å². The fraction of sp³-hybridized carbons (Fsp3) is 0.500. The first kappa shape index (κ1) is 15.0. The van der Waals surface area contributed by atoms with E-state index in [1.807, 2.05) is 26.0 Å². The highest BCUT2D eigenvalue weighted by Crippen LogP contribution is 2.26. The highest BCUT2D eigenvalue weighted by molar-refractivity contribution is 5.27. The van der Waals surface area contributed by atoms with Gasteiger partial charge in [-0.05, 0) is 38.2 Å². The molecule has 0 aliphatic rings. The Labute approximate surface area is 101 Å². The molecule has 0 spiro atoms. The van der Waals surface area contributed by atoms with E-state index in [4.69, 9.17) is 0 Å². The first-order valence-corrected chi connectivity index (χ1v) is 6.12. The maximum atomic E-state index is 2.29. The third-order valence-corrected chi connectivity index (χ3v) is 3.05.